The number of methoxy groups -OCH3 is 1. The minimum absolute atomic E-state index is 0.0112. The number of carboxylic acid groups (broad SMARTS) is 1. The van der Waals surface area contributed by atoms with E-state index >= 15 is 0 Å². The Balaban J connectivity index is 1.53. The molecular formula is C25H22FNO4. The summed E-state index contributed by atoms with van der Waals surface area (Å²) in [4.78, 5) is 24.8. The van der Waals surface area contributed by atoms with Crippen molar-refractivity contribution in [3.8, 4) is 16.9 Å². The molecule has 0 heterocycles. The summed E-state index contributed by atoms with van der Waals surface area (Å²) in [5.74, 6) is -1.09. The smallest absolute Gasteiger partial charge is 0.330 e. The highest BCUT2D eigenvalue weighted by Crippen LogP contribution is 2.34. The van der Waals surface area contributed by atoms with Crippen LogP contribution < -0.4 is 10.1 Å². The number of benzene rings is 3. The van der Waals surface area contributed by atoms with Crippen LogP contribution in [-0.4, -0.2) is 29.6 Å². The van der Waals surface area contributed by atoms with Gasteiger partial charge in [-0.15, -0.1) is 0 Å². The average Bonchev–Trinajstić information content (AvgIpc) is 3.14. The standard InChI is InChI=1S/C25H22FNO4/c1-31-22-10-6-17(7-11-22)18-4-5-19-14-25(24(29)30,15-20(19)13-18)27-23(28)12-16-2-8-21(26)9-3-16/h2-11,13H,12,14-15H2,1H3,(H,27,28)(H,29,30). The molecule has 0 bridgehead atoms. The number of rotatable bonds is 6. The van der Waals surface area contributed by atoms with E-state index in [4.69, 9.17) is 4.74 Å². The molecule has 0 spiro atoms. The number of aliphatic carboxylic acids is 1. The van der Waals surface area contributed by atoms with Crippen LogP contribution in [0.5, 0.6) is 5.75 Å². The van der Waals surface area contributed by atoms with Crippen molar-refractivity contribution in [2.75, 3.05) is 7.11 Å². The number of hydrogen-bond acceptors (Lipinski definition) is 3. The molecule has 5 nitrogen and oxygen atoms in total. The van der Waals surface area contributed by atoms with Crippen molar-refractivity contribution in [3.05, 3.63) is 89.2 Å². The zero-order valence-corrected chi connectivity index (χ0v) is 17.0. The maximum Gasteiger partial charge on any atom is 0.330 e. The lowest BCUT2D eigenvalue weighted by atomic mass is 9.95. The van der Waals surface area contributed by atoms with E-state index in [1.807, 2.05) is 42.5 Å². The number of carbonyl (C=O) groups excluding carboxylic acids is 1. The van der Waals surface area contributed by atoms with Crippen LogP contribution in [0.25, 0.3) is 11.1 Å². The third kappa shape index (κ3) is 4.28. The molecule has 4 rings (SSSR count). The largest absolute Gasteiger partial charge is 0.497 e. The Morgan fingerprint density at radius 3 is 2.26 bits per heavy atom. The number of nitrogens with one attached hydrogen (secondary N) is 1. The molecule has 1 aliphatic rings. The van der Waals surface area contributed by atoms with E-state index in [9.17, 15) is 19.1 Å². The van der Waals surface area contributed by atoms with Gasteiger partial charge in [0.25, 0.3) is 0 Å². The summed E-state index contributed by atoms with van der Waals surface area (Å²) in [6, 6.07) is 19.1. The first-order valence-corrected chi connectivity index (χ1v) is 9.94. The van der Waals surface area contributed by atoms with Crippen molar-refractivity contribution in [3.63, 3.8) is 0 Å². The highest BCUT2D eigenvalue weighted by atomic mass is 19.1. The molecule has 158 valence electrons. The molecule has 0 radical (unpaired) electrons. The van der Waals surface area contributed by atoms with Gasteiger partial charge in [0, 0.05) is 12.8 Å². The van der Waals surface area contributed by atoms with E-state index in [0.717, 1.165) is 28.0 Å². The maximum absolute atomic E-state index is 13.1. The lowest BCUT2D eigenvalue weighted by Gasteiger charge is -2.25. The molecule has 0 aliphatic heterocycles. The number of fused-ring (bicyclic) bond motifs is 1. The van der Waals surface area contributed by atoms with Crippen LogP contribution in [0.1, 0.15) is 16.7 Å². The first-order valence-electron chi connectivity index (χ1n) is 9.94. The van der Waals surface area contributed by atoms with Gasteiger partial charge in [-0.2, -0.15) is 0 Å². The molecule has 1 unspecified atom stereocenters. The van der Waals surface area contributed by atoms with Crippen molar-refractivity contribution in [1.29, 1.82) is 0 Å². The molecule has 0 aromatic heterocycles. The van der Waals surface area contributed by atoms with Gasteiger partial charge in [-0.1, -0.05) is 42.5 Å². The van der Waals surface area contributed by atoms with Crippen molar-refractivity contribution >= 4 is 11.9 Å². The van der Waals surface area contributed by atoms with E-state index in [2.05, 4.69) is 5.32 Å². The summed E-state index contributed by atoms with van der Waals surface area (Å²) in [6.07, 6.45) is 0.412. The lowest BCUT2D eigenvalue weighted by molar-refractivity contribution is -0.147. The SMILES string of the molecule is COc1ccc(-c2ccc3c(c2)CC(NC(=O)Cc2ccc(F)cc2)(C(=O)O)C3)cc1. The first-order chi connectivity index (χ1) is 14.9. The Labute approximate surface area is 179 Å². The summed E-state index contributed by atoms with van der Waals surface area (Å²) in [6.45, 7) is 0. The van der Waals surface area contributed by atoms with Crippen LogP contribution in [-0.2, 0) is 28.9 Å². The third-order valence-electron chi connectivity index (χ3n) is 5.68. The molecule has 3 aromatic carbocycles. The monoisotopic (exact) mass is 419 g/mol. The normalized spacial score (nSPS) is 17.1. The third-order valence-corrected chi connectivity index (χ3v) is 5.68. The number of ether oxygens (including phenoxy) is 1. The van der Waals surface area contributed by atoms with Crippen LogP contribution in [0.15, 0.2) is 66.7 Å². The van der Waals surface area contributed by atoms with E-state index in [0.29, 0.717) is 5.56 Å². The quantitative estimate of drug-likeness (QED) is 0.638. The Bertz CT molecular complexity index is 1130. The van der Waals surface area contributed by atoms with E-state index in [1.54, 1.807) is 7.11 Å². The van der Waals surface area contributed by atoms with Gasteiger partial charge in [0.05, 0.1) is 13.5 Å². The van der Waals surface area contributed by atoms with Gasteiger partial charge in [0.2, 0.25) is 5.91 Å². The van der Waals surface area contributed by atoms with Gasteiger partial charge >= 0.3 is 5.97 Å². The predicted octanol–water partition coefficient (Wildman–Crippen LogP) is 3.78. The van der Waals surface area contributed by atoms with Crippen LogP contribution in [0.4, 0.5) is 4.39 Å². The fourth-order valence-electron chi connectivity index (χ4n) is 4.03. The average molecular weight is 419 g/mol. The lowest BCUT2D eigenvalue weighted by Crippen LogP contribution is -2.55. The molecule has 1 amide bonds. The van der Waals surface area contributed by atoms with E-state index in [1.165, 1.54) is 24.3 Å². The van der Waals surface area contributed by atoms with E-state index in [-0.39, 0.29) is 25.1 Å². The number of amides is 1. The van der Waals surface area contributed by atoms with Gasteiger partial charge < -0.3 is 15.2 Å². The molecule has 31 heavy (non-hydrogen) atoms. The second-order valence-electron chi connectivity index (χ2n) is 7.80. The zero-order chi connectivity index (χ0) is 22.0. The Hall–Kier alpha value is -3.67. The second-order valence-corrected chi connectivity index (χ2v) is 7.80. The Morgan fingerprint density at radius 1 is 0.968 bits per heavy atom. The summed E-state index contributed by atoms with van der Waals surface area (Å²) >= 11 is 0. The molecule has 1 atom stereocenters. The van der Waals surface area contributed by atoms with Crippen LogP contribution in [0, 0.1) is 5.82 Å². The van der Waals surface area contributed by atoms with E-state index < -0.39 is 17.4 Å². The van der Waals surface area contributed by atoms with Crippen molar-refractivity contribution in [1.82, 2.24) is 5.32 Å². The van der Waals surface area contributed by atoms with Crippen LogP contribution >= 0.6 is 0 Å². The highest BCUT2D eigenvalue weighted by molar-refractivity contribution is 5.89. The van der Waals surface area contributed by atoms with Gasteiger partial charge in [-0.3, -0.25) is 4.79 Å². The first kappa shape index (κ1) is 20.6. The number of hydrogen-bond donors (Lipinski definition) is 2. The summed E-state index contributed by atoms with van der Waals surface area (Å²) < 4.78 is 18.3. The molecule has 0 fully saturated rings. The fourth-order valence-corrected chi connectivity index (χ4v) is 4.03. The van der Waals surface area contributed by atoms with Gasteiger partial charge in [0.15, 0.2) is 0 Å². The van der Waals surface area contributed by atoms with Gasteiger partial charge in [-0.05, 0) is 52.1 Å². The molecule has 0 saturated carbocycles. The second kappa shape index (κ2) is 8.22. The van der Waals surface area contributed by atoms with Crippen LogP contribution in [0.2, 0.25) is 0 Å². The minimum atomic E-state index is -1.39. The molecule has 0 saturated heterocycles. The molecule has 6 heteroatoms. The Kier molecular flexibility index (Phi) is 5.46. The van der Waals surface area contributed by atoms with Crippen molar-refractivity contribution in [2.24, 2.45) is 0 Å². The van der Waals surface area contributed by atoms with Gasteiger partial charge in [-0.25, -0.2) is 9.18 Å². The predicted molar refractivity (Wildman–Crippen MR) is 114 cm³/mol. The summed E-state index contributed by atoms with van der Waals surface area (Å²) in [7, 11) is 1.61. The molecular weight excluding hydrogens is 397 g/mol. The number of carbonyl (C=O) groups is 2. The fraction of sp³-hybridized carbons (Fsp3) is 0.200. The minimum Gasteiger partial charge on any atom is -0.497 e. The number of carboxylic acids is 1. The highest BCUT2D eigenvalue weighted by Gasteiger charge is 2.45. The topological polar surface area (TPSA) is 75.6 Å². The van der Waals surface area contributed by atoms with Crippen molar-refractivity contribution in [2.45, 2.75) is 24.8 Å². The van der Waals surface area contributed by atoms with Crippen molar-refractivity contribution < 1.29 is 23.8 Å². The van der Waals surface area contributed by atoms with Gasteiger partial charge in [0.1, 0.15) is 17.1 Å². The number of halogens is 1. The zero-order valence-electron chi connectivity index (χ0n) is 17.0. The molecule has 2 N–H and O–H groups in total. The Morgan fingerprint density at radius 2 is 1.61 bits per heavy atom. The maximum atomic E-state index is 13.1. The summed E-state index contributed by atoms with van der Waals surface area (Å²) in [5.41, 5.74) is 3.01. The molecule has 3 aromatic rings. The van der Waals surface area contributed by atoms with Crippen LogP contribution in [0.3, 0.4) is 0 Å². The molecule has 1 aliphatic carbocycles. The summed E-state index contributed by atoms with van der Waals surface area (Å²) in [5, 5.41) is 12.7.